The van der Waals surface area contributed by atoms with Crippen LogP contribution in [0.25, 0.3) is 11.0 Å². The molecule has 1 unspecified atom stereocenters. The summed E-state index contributed by atoms with van der Waals surface area (Å²) in [6, 6.07) is 13.3. The van der Waals surface area contributed by atoms with Crippen molar-refractivity contribution in [2.75, 3.05) is 13.1 Å². The number of amides is 1. The number of ketones is 1. The first-order valence-corrected chi connectivity index (χ1v) is 10.8. The van der Waals surface area contributed by atoms with Crippen LogP contribution in [0.1, 0.15) is 41.0 Å². The number of likely N-dealkylation sites (tertiary alicyclic amines) is 1. The number of fused-ring (bicyclic) bond motifs is 1. The van der Waals surface area contributed by atoms with Crippen LogP contribution in [0.4, 0.5) is 0 Å². The number of hydrogen-bond acceptors (Lipinski definition) is 3. The lowest BCUT2D eigenvalue weighted by Crippen LogP contribution is -2.42. The molecule has 1 aliphatic rings. The number of imidazole rings is 1. The number of carbonyl (C=O) groups is 2. The summed E-state index contributed by atoms with van der Waals surface area (Å²) in [4.78, 5) is 32.4. The van der Waals surface area contributed by atoms with Gasteiger partial charge in [-0.05, 0) is 62.6 Å². The maximum Gasteiger partial charge on any atom is 0.224 e. The van der Waals surface area contributed by atoms with Crippen LogP contribution in [0.3, 0.4) is 0 Å². The lowest BCUT2D eigenvalue weighted by atomic mass is 9.88. The molecule has 1 fully saturated rings. The van der Waals surface area contributed by atoms with Gasteiger partial charge < -0.3 is 9.47 Å². The largest absolute Gasteiger partial charge is 0.342 e. The zero-order valence-corrected chi connectivity index (χ0v) is 18.2. The maximum absolute atomic E-state index is 13.0. The van der Waals surface area contributed by atoms with Crippen LogP contribution in [0.5, 0.6) is 0 Å². The molecule has 2 aromatic carbocycles. The molecule has 6 heteroatoms. The van der Waals surface area contributed by atoms with Crippen molar-refractivity contribution in [3.63, 3.8) is 0 Å². The van der Waals surface area contributed by atoms with Gasteiger partial charge in [-0.15, -0.1) is 0 Å². The Morgan fingerprint density at radius 2 is 1.97 bits per heavy atom. The number of piperidine rings is 1. The quantitative estimate of drug-likeness (QED) is 0.553. The Morgan fingerprint density at radius 3 is 2.77 bits per heavy atom. The van der Waals surface area contributed by atoms with Crippen LogP contribution < -0.4 is 0 Å². The topological polar surface area (TPSA) is 55.2 Å². The summed E-state index contributed by atoms with van der Waals surface area (Å²) in [5.41, 5.74) is 3.59. The number of Topliss-reactive ketones (excluding diaryl/α,β-unsaturated/α-hetero) is 1. The number of halogens is 1. The third kappa shape index (κ3) is 4.12. The van der Waals surface area contributed by atoms with E-state index in [9.17, 15) is 9.59 Å². The standard InChI is InChI=1S/C24H26ClN3O2/c1-16-14-19(25)9-10-20(16)24(30)18-6-5-12-27(15-18)23(29)11-13-28-17(2)26-21-7-3-4-8-22(21)28/h3-4,7-10,14,18H,5-6,11-13,15H2,1-2H3. The van der Waals surface area contributed by atoms with Gasteiger partial charge in [0.1, 0.15) is 5.82 Å². The fourth-order valence-electron chi connectivity index (χ4n) is 4.38. The molecule has 156 valence electrons. The van der Waals surface area contributed by atoms with Gasteiger partial charge in [-0.3, -0.25) is 9.59 Å². The summed E-state index contributed by atoms with van der Waals surface area (Å²) in [6.45, 7) is 5.67. The van der Waals surface area contributed by atoms with E-state index in [1.807, 2.05) is 49.1 Å². The molecular weight excluding hydrogens is 398 g/mol. The highest BCUT2D eigenvalue weighted by molar-refractivity contribution is 6.30. The summed E-state index contributed by atoms with van der Waals surface area (Å²) in [6.07, 6.45) is 2.07. The molecular formula is C24H26ClN3O2. The molecule has 3 aromatic rings. The van der Waals surface area contributed by atoms with Crippen molar-refractivity contribution in [2.45, 2.75) is 39.7 Å². The van der Waals surface area contributed by atoms with Crippen molar-refractivity contribution in [3.8, 4) is 0 Å². The molecule has 1 aliphatic heterocycles. The maximum atomic E-state index is 13.0. The summed E-state index contributed by atoms with van der Waals surface area (Å²) in [5, 5.41) is 0.631. The third-order valence-electron chi connectivity index (χ3n) is 5.99. The van der Waals surface area contributed by atoms with E-state index in [1.54, 1.807) is 12.1 Å². The zero-order valence-electron chi connectivity index (χ0n) is 17.4. The monoisotopic (exact) mass is 423 g/mol. The average molecular weight is 424 g/mol. The third-order valence-corrected chi connectivity index (χ3v) is 6.23. The van der Waals surface area contributed by atoms with Gasteiger partial charge in [0.2, 0.25) is 5.91 Å². The number of carbonyl (C=O) groups excluding carboxylic acids is 2. The second kappa shape index (κ2) is 8.60. The van der Waals surface area contributed by atoms with E-state index in [0.29, 0.717) is 36.6 Å². The second-order valence-electron chi connectivity index (χ2n) is 8.05. The molecule has 0 radical (unpaired) electrons. The Morgan fingerprint density at radius 1 is 1.17 bits per heavy atom. The van der Waals surface area contributed by atoms with Crippen LogP contribution in [-0.2, 0) is 11.3 Å². The van der Waals surface area contributed by atoms with Gasteiger partial charge in [0.15, 0.2) is 5.78 Å². The van der Waals surface area contributed by atoms with Crippen molar-refractivity contribution in [2.24, 2.45) is 5.92 Å². The minimum Gasteiger partial charge on any atom is -0.342 e. The van der Waals surface area contributed by atoms with Crippen molar-refractivity contribution in [1.82, 2.24) is 14.5 Å². The molecule has 0 N–H and O–H groups in total. The van der Waals surface area contributed by atoms with Gasteiger partial charge >= 0.3 is 0 Å². The molecule has 0 saturated carbocycles. The van der Waals surface area contributed by atoms with Gasteiger partial charge in [0, 0.05) is 42.6 Å². The fraction of sp³-hybridized carbons (Fsp3) is 0.375. The molecule has 4 rings (SSSR count). The van der Waals surface area contributed by atoms with E-state index in [1.165, 1.54) is 0 Å². The van der Waals surface area contributed by atoms with Gasteiger partial charge in [0.05, 0.1) is 11.0 Å². The lowest BCUT2D eigenvalue weighted by Gasteiger charge is -2.32. The number of aryl methyl sites for hydroxylation is 3. The fourth-order valence-corrected chi connectivity index (χ4v) is 4.61. The minimum atomic E-state index is -0.154. The number of aromatic nitrogens is 2. The number of nitrogens with zero attached hydrogens (tertiary/aromatic N) is 3. The van der Waals surface area contributed by atoms with E-state index in [-0.39, 0.29) is 17.6 Å². The Balaban J connectivity index is 1.42. The Bertz CT molecular complexity index is 1110. The van der Waals surface area contributed by atoms with Crippen LogP contribution in [0.15, 0.2) is 42.5 Å². The molecule has 1 amide bonds. The summed E-state index contributed by atoms with van der Waals surface area (Å²) < 4.78 is 2.09. The molecule has 1 saturated heterocycles. The molecule has 0 aliphatic carbocycles. The van der Waals surface area contributed by atoms with Crippen molar-refractivity contribution >= 4 is 34.3 Å². The van der Waals surface area contributed by atoms with Crippen LogP contribution >= 0.6 is 11.6 Å². The molecule has 1 atom stereocenters. The normalized spacial score (nSPS) is 16.8. The molecule has 0 bridgehead atoms. The number of benzene rings is 2. The van der Waals surface area contributed by atoms with E-state index < -0.39 is 0 Å². The first-order valence-electron chi connectivity index (χ1n) is 10.4. The highest BCUT2D eigenvalue weighted by atomic mass is 35.5. The first-order chi connectivity index (χ1) is 14.4. The number of para-hydroxylation sites is 2. The summed E-state index contributed by atoms with van der Waals surface area (Å²) in [7, 11) is 0. The van der Waals surface area contributed by atoms with E-state index in [2.05, 4.69) is 9.55 Å². The highest BCUT2D eigenvalue weighted by Gasteiger charge is 2.29. The minimum absolute atomic E-state index is 0.0949. The predicted octanol–water partition coefficient (Wildman–Crippen LogP) is 4.82. The molecule has 2 heterocycles. The lowest BCUT2D eigenvalue weighted by molar-refractivity contribution is -0.132. The molecule has 0 spiro atoms. The average Bonchev–Trinajstić information content (AvgIpc) is 3.06. The van der Waals surface area contributed by atoms with E-state index >= 15 is 0 Å². The van der Waals surface area contributed by atoms with Gasteiger partial charge in [-0.25, -0.2) is 4.98 Å². The number of rotatable bonds is 5. The zero-order chi connectivity index (χ0) is 21.3. The van der Waals surface area contributed by atoms with Crippen LogP contribution in [-0.4, -0.2) is 39.2 Å². The highest BCUT2D eigenvalue weighted by Crippen LogP contribution is 2.25. The smallest absolute Gasteiger partial charge is 0.224 e. The number of hydrogen-bond donors (Lipinski definition) is 0. The first kappa shape index (κ1) is 20.6. The summed E-state index contributed by atoms with van der Waals surface area (Å²) >= 11 is 6.03. The molecule has 1 aromatic heterocycles. The van der Waals surface area contributed by atoms with Crippen LogP contribution in [0.2, 0.25) is 5.02 Å². The van der Waals surface area contributed by atoms with E-state index in [4.69, 9.17) is 11.6 Å². The van der Waals surface area contributed by atoms with E-state index in [0.717, 1.165) is 35.3 Å². The van der Waals surface area contributed by atoms with Gasteiger partial charge in [-0.1, -0.05) is 23.7 Å². The van der Waals surface area contributed by atoms with Crippen LogP contribution in [0, 0.1) is 19.8 Å². The Labute approximate surface area is 181 Å². The van der Waals surface area contributed by atoms with Crippen molar-refractivity contribution < 1.29 is 9.59 Å². The summed E-state index contributed by atoms with van der Waals surface area (Å²) in [5.74, 6) is 0.961. The Kier molecular flexibility index (Phi) is 5.91. The molecule has 5 nitrogen and oxygen atoms in total. The predicted molar refractivity (Wildman–Crippen MR) is 119 cm³/mol. The van der Waals surface area contributed by atoms with Crippen molar-refractivity contribution in [1.29, 1.82) is 0 Å². The van der Waals surface area contributed by atoms with Gasteiger partial charge in [-0.2, -0.15) is 0 Å². The van der Waals surface area contributed by atoms with Crippen molar-refractivity contribution in [3.05, 3.63) is 64.4 Å². The second-order valence-corrected chi connectivity index (χ2v) is 8.49. The Hall–Kier alpha value is -2.66. The van der Waals surface area contributed by atoms with Gasteiger partial charge in [0.25, 0.3) is 0 Å². The SMILES string of the molecule is Cc1cc(Cl)ccc1C(=O)C1CCCN(C(=O)CCn2c(C)nc3ccccc32)C1. The molecule has 30 heavy (non-hydrogen) atoms.